The second-order valence-electron chi connectivity index (χ2n) is 9.67. The largest absolute Gasteiger partial charge is 0.479 e. The predicted octanol–water partition coefficient (Wildman–Crippen LogP) is 8.21. The van der Waals surface area contributed by atoms with Gasteiger partial charge in [0.05, 0.1) is 6.61 Å². The fraction of sp³-hybridized carbons (Fsp3) is 0.469. The molecule has 1 unspecified atom stereocenters. The van der Waals surface area contributed by atoms with E-state index in [-0.39, 0.29) is 5.97 Å². The fourth-order valence-electron chi connectivity index (χ4n) is 4.15. The lowest BCUT2D eigenvalue weighted by Crippen LogP contribution is -2.26. The van der Waals surface area contributed by atoms with Crippen LogP contribution >= 0.6 is 0 Å². The summed E-state index contributed by atoms with van der Waals surface area (Å²) in [5.41, 5.74) is 4.32. The van der Waals surface area contributed by atoms with Gasteiger partial charge in [-0.05, 0) is 49.4 Å². The van der Waals surface area contributed by atoms with Crippen LogP contribution in [0.15, 0.2) is 60.9 Å². The first kappa shape index (κ1) is 28.4. The first-order valence-electron chi connectivity index (χ1n) is 14.0. The van der Waals surface area contributed by atoms with E-state index in [0.717, 1.165) is 41.8 Å². The molecule has 0 saturated heterocycles. The topological polar surface area (TPSA) is 61.3 Å². The number of carbonyl (C=O) groups is 1. The summed E-state index contributed by atoms with van der Waals surface area (Å²) in [6, 6.07) is 16.2. The van der Waals surface area contributed by atoms with Crippen LogP contribution in [0.5, 0.6) is 5.75 Å². The van der Waals surface area contributed by atoms with Gasteiger partial charge in [-0.1, -0.05) is 95.2 Å². The molecule has 0 saturated carbocycles. The zero-order valence-electron chi connectivity index (χ0n) is 22.7. The van der Waals surface area contributed by atoms with Gasteiger partial charge >= 0.3 is 5.97 Å². The summed E-state index contributed by atoms with van der Waals surface area (Å²) in [5.74, 6) is 1.01. The summed E-state index contributed by atoms with van der Waals surface area (Å²) in [4.78, 5) is 21.2. The van der Waals surface area contributed by atoms with Gasteiger partial charge in [0.15, 0.2) is 11.9 Å². The summed E-state index contributed by atoms with van der Waals surface area (Å²) < 4.78 is 10.9. The standard InChI is InChI=1S/C32H42N2O3/c1-4-6-8-9-10-11-12-13-26-14-16-28(17-15-26)31-33-23-29(24-34-31)27-18-20-30(21-19-27)37-25(3)32(35)36-22-7-5-2/h14-21,23-25H,4-13,22H2,1-3H3. The number of hydrogen-bond donors (Lipinski definition) is 0. The number of hydrogen-bond acceptors (Lipinski definition) is 5. The molecule has 1 aromatic heterocycles. The maximum atomic E-state index is 12.0. The van der Waals surface area contributed by atoms with Gasteiger partial charge in [0, 0.05) is 23.5 Å². The average molecular weight is 503 g/mol. The SMILES string of the molecule is CCCCCCCCCc1ccc(-c2ncc(-c3ccc(OC(C)C(=O)OCCCC)cc3)cn2)cc1. The van der Waals surface area contributed by atoms with E-state index in [1.807, 2.05) is 36.7 Å². The number of ether oxygens (including phenoxy) is 2. The molecular formula is C32H42N2O3. The molecule has 5 nitrogen and oxygen atoms in total. The highest BCUT2D eigenvalue weighted by Gasteiger charge is 2.16. The van der Waals surface area contributed by atoms with Gasteiger partial charge < -0.3 is 9.47 Å². The Labute approximate surface area is 222 Å². The smallest absolute Gasteiger partial charge is 0.347 e. The van der Waals surface area contributed by atoms with E-state index in [1.54, 1.807) is 6.92 Å². The molecule has 5 heteroatoms. The normalized spacial score (nSPS) is 11.8. The molecule has 0 radical (unpaired) electrons. The highest BCUT2D eigenvalue weighted by Crippen LogP contribution is 2.24. The number of nitrogens with zero attached hydrogens (tertiary/aromatic N) is 2. The van der Waals surface area contributed by atoms with E-state index < -0.39 is 6.10 Å². The van der Waals surface area contributed by atoms with Gasteiger partial charge in [-0.2, -0.15) is 0 Å². The molecule has 1 heterocycles. The Bertz CT molecular complexity index is 1050. The van der Waals surface area contributed by atoms with Crippen LogP contribution in [0.25, 0.3) is 22.5 Å². The monoisotopic (exact) mass is 502 g/mol. The van der Waals surface area contributed by atoms with Crippen LogP contribution in [0.3, 0.4) is 0 Å². The fourth-order valence-corrected chi connectivity index (χ4v) is 4.15. The van der Waals surface area contributed by atoms with Gasteiger partial charge in [-0.3, -0.25) is 0 Å². The summed E-state index contributed by atoms with van der Waals surface area (Å²) >= 11 is 0. The van der Waals surface area contributed by atoms with E-state index in [2.05, 4.69) is 48.1 Å². The maximum absolute atomic E-state index is 12.0. The predicted molar refractivity (Wildman–Crippen MR) is 151 cm³/mol. The minimum atomic E-state index is -0.646. The van der Waals surface area contributed by atoms with Crippen molar-refractivity contribution in [2.24, 2.45) is 0 Å². The van der Waals surface area contributed by atoms with Crippen LogP contribution in [0.1, 0.15) is 84.1 Å². The molecule has 0 spiro atoms. The zero-order chi connectivity index (χ0) is 26.3. The maximum Gasteiger partial charge on any atom is 0.347 e. The second kappa shape index (κ2) is 15.8. The van der Waals surface area contributed by atoms with Crippen LogP contribution in [0.2, 0.25) is 0 Å². The van der Waals surface area contributed by atoms with Crippen molar-refractivity contribution in [3.63, 3.8) is 0 Å². The Morgan fingerprint density at radius 2 is 1.32 bits per heavy atom. The molecule has 0 aliphatic carbocycles. The molecule has 2 aromatic carbocycles. The van der Waals surface area contributed by atoms with Crippen molar-refractivity contribution in [2.45, 2.75) is 91.1 Å². The Balaban J connectivity index is 1.48. The molecule has 198 valence electrons. The number of carbonyl (C=O) groups excluding carboxylic acids is 1. The molecule has 0 fully saturated rings. The van der Waals surface area contributed by atoms with E-state index in [1.165, 1.54) is 50.5 Å². The number of benzene rings is 2. The van der Waals surface area contributed by atoms with Crippen LogP contribution in [0, 0.1) is 0 Å². The van der Waals surface area contributed by atoms with Crippen molar-refractivity contribution in [1.29, 1.82) is 0 Å². The molecule has 0 N–H and O–H groups in total. The summed E-state index contributed by atoms with van der Waals surface area (Å²) in [6.45, 7) is 6.46. The Morgan fingerprint density at radius 3 is 1.97 bits per heavy atom. The van der Waals surface area contributed by atoms with Gasteiger partial charge in [0.1, 0.15) is 5.75 Å². The van der Waals surface area contributed by atoms with E-state index in [4.69, 9.17) is 9.47 Å². The van der Waals surface area contributed by atoms with Crippen molar-refractivity contribution in [3.8, 4) is 28.3 Å². The third-order valence-electron chi connectivity index (χ3n) is 6.51. The molecule has 3 rings (SSSR count). The van der Waals surface area contributed by atoms with Crippen molar-refractivity contribution in [2.75, 3.05) is 6.61 Å². The molecule has 3 aromatic rings. The Hall–Kier alpha value is -3.21. The van der Waals surface area contributed by atoms with Crippen molar-refractivity contribution >= 4 is 5.97 Å². The second-order valence-corrected chi connectivity index (χ2v) is 9.67. The van der Waals surface area contributed by atoms with Crippen molar-refractivity contribution < 1.29 is 14.3 Å². The van der Waals surface area contributed by atoms with Gasteiger partial charge in [0.2, 0.25) is 0 Å². The first-order chi connectivity index (χ1) is 18.1. The van der Waals surface area contributed by atoms with Crippen LogP contribution in [0.4, 0.5) is 0 Å². The summed E-state index contributed by atoms with van der Waals surface area (Å²) in [5, 5.41) is 0. The number of esters is 1. The lowest BCUT2D eigenvalue weighted by atomic mass is 10.0. The zero-order valence-corrected chi connectivity index (χ0v) is 22.7. The molecular weight excluding hydrogens is 460 g/mol. The minimum absolute atomic E-state index is 0.340. The first-order valence-corrected chi connectivity index (χ1v) is 14.0. The molecule has 0 aliphatic heterocycles. The molecule has 37 heavy (non-hydrogen) atoms. The van der Waals surface area contributed by atoms with E-state index in [0.29, 0.717) is 12.4 Å². The van der Waals surface area contributed by atoms with Crippen molar-refractivity contribution in [1.82, 2.24) is 9.97 Å². The molecule has 0 aliphatic rings. The molecule has 1 atom stereocenters. The number of aromatic nitrogens is 2. The van der Waals surface area contributed by atoms with E-state index in [9.17, 15) is 4.79 Å². The summed E-state index contributed by atoms with van der Waals surface area (Å²) in [7, 11) is 0. The highest BCUT2D eigenvalue weighted by atomic mass is 16.6. The van der Waals surface area contributed by atoms with Crippen LogP contribution in [-0.4, -0.2) is 28.6 Å². The highest BCUT2D eigenvalue weighted by molar-refractivity contribution is 5.74. The minimum Gasteiger partial charge on any atom is -0.479 e. The lowest BCUT2D eigenvalue weighted by molar-refractivity contribution is -0.151. The molecule has 0 amide bonds. The van der Waals surface area contributed by atoms with Gasteiger partial charge in [-0.25, -0.2) is 14.8 Å². The summed E-state index contributed by atoms with van der Waals surface area (Å²) in [6.07, 6.45) is 15.4. The number of unbranched alkanes of at least 4 members (excludes halogenated alkanes) is 7. The van der Waals surface area contributed by atoms with E-state index >= 15 is 0 Å². The lowest BCUT2D eigenvalue weighted by Gasteiger charge is -2.14. The third kappa shape index (κ3) is 9.64. The van der Waals surface area contributed by atoms with Gasteiger partial charge in [-0.15, -0.1) is 0 Å². The van der Waals surface area contributed by atoms with Crippen LogP contribution < -0.4 is 4.74 Å². The quantitative estimate of drug-likeness (QED) is 0.146. The number of aryl methyl sites for hydroxylation is 1. The Morgan fingerprint density at radius 1 is 0.730 bits per heavy atom. The third-order valence-corrected chi connectivity index (χ3v) is 6.51. The number of rotatable bonds is 16. The average Bonchev–Trinajstić information content (AvgIpc) is 2.93. The molecule has 0 bridgehead atoms. The Kier molecular flexibility index (Phi) is 12.1. The van der Waals surface area contributed by atoms with Crippen molar-refractivity contribution in [3.05, 3.63) is 66.5 Å². The van der Waals surface area contributed by atoms with Gasteiger partial charge in [0.25, 0.3) is 0 Å². The van der Waals surface area contributed by atoms with Crippen LogP contribution in [-0.2, 0) is 16.0 Å².